The molecule has 0 radical (unpaired) electrons. The Hall–Kier alpha value is -3.98. The number of nitrogens with zero attached hydrogens (tertiary/aromatic N) is 1. The summed E-state index contributed by atoms with van der Waals surface area (Å²) in [6, 6.07) is 11.1. The molecule has 0 saturated carbocycles. The van der Waals surface area contributed by atoms with E-state index in [-0.39, 0.29) is 11.3 Å². The molecule has 3 aromatic rings. The summed E-state index contributed by atoms with van der Waals surface area (Å²) < 4.78 is 22.2. The number of nitrogens with one attached hydrogen (secondary N) is 1. The number of quaternary nitrogens is 1. The minimum Gasteiger partial charge on any atom is -0.868 e. The zero-order valence-corrected chi connectivity index (χ0v) is 21.0. The van der Waals surface area contributed by atoms with Crippen LogP contribution in [0.4, 0.5) is 0 Å². The first-order valence-electron chi connectivity index (χ1n) is 11.7. The van der Waals surface area contributed by atoms with Gasteiger partial charge in [-0.1, -0.05) is 24.3 Å². The Morgan fingerprint density at radius 3 is 2.42 bits per heavy atom. The summed E-state index contributed by atoms with van der Waals surface area (Å²) in [4.78, 5) is 29.7. The highest BCUT2D eigenvalue weighted by Crippen LogP contribution is 2.45. The number of fused-ring (bicyclic) bond motifs is 1. The van der Waals surface area contributed by atoms with Gasteiger partial charge in [-0.2, -0.15) is 0 Å². The SMILES string of the molecule is COc1cccc(C2C(C(=O)c3cc4cccc(OC)c4o3)=C([O-])C(=O)N2CCC[NH+](C)C)c1OC. The van der Waals surface area contributed by atoms with Crippen LogP contribution in [-0.2, 0) is 4.79 Å². The Balaban J connectivity index is 1.84. The molecule has 9 nitrogen and oxygen atoms in total. The molecule has 2 heterocycles. The Morgan fingerprint density at radius 1 is 1.06 bits per heavy atom. The van der Waals surface area contributed by atoms with Crippen LogP contribution < -0.4 is 24.2 Å². The highest BCUT2D eigenvalue weighted by atomic mass is 16.5. The van der Waals surface area contributed by atoms with Gasteiger partial charge in [-0.3, -0.25) is 9.59 Å². The van der Waals surface area contributed by atoms with E-state index in [1.165, 1.54) is 31.1 Å². The Morgan fingerprint density at radius 2 is 1.75 bits per heavy atom. The quantitative estimate of drug-likeness (QED) is 0.425. The zero-order chi connectivity index (χ0) is 26.0. The lowest BCUT2D eigenvalue weighted by atomic mass is 9.94. The number of Topliss-reactive ketones (excluding diaryl/α,β-unsaturated/α-hetero) is 1. The average Bonchev–Trinajstić information content (AvgIpc) is 3.42. The molecule has 0 spiro atoms. The molecule has 0 saturated heterocycles. The van der Waals surface area contributed by atoms with Crippen molar-refractivity contribution in [1.82, 2.24) is 4.90 Å². The maximum Gasteiger partial charge on any atom is 0.239 e. The normalized spacial score (nSPS) is 15.8. The maximum atomic E-state index is 13.8. The van der Waals surface area contributed by atoms with Crippen LogP contribution in [0.2, 0.25) is 0 Å². The first kappa shape index (κ1) is 25.1. The van der Waals surface area contributed by atoms with E-state index in [4.69, 9.17) is 18.6 Å². The third kappa shape index (κ3) is 4.37. The molecule has 1 N–H and O–H groups in total. The van der Waals surface area contributed by atoms with Gasteiger partial charge < -0.3 is 33.5 Å². The highest BCUT2D eigenvalue weighted by molar-refractivity contribution is 6.16. The van der Waals surface area contributed by atoms with Crippen LogP contribution in [0, 0.1) is 0 Å². The number of rotatable bonds is 10. The number of hydrogen-bond acceptors (Lipinski definition) is 7. The van der Waals surface area contributed by atoms with Crippen molar-refractivity contribution in [1.29, 1.82) is 0 Å². The number of ketones is 1. The smallest absolute Gasteiger partial charge is 0.239 e. The number of furan rings is 1. The van der Waals surface area contributed by atoms with E-state index in [2.05, 4.69) is 0 Å². The highest BCUT2D eigenvalue weighted by Gasteiger charge is 2.42. The number of ether oxygens (including phenoxy) is 3. The molecule has 0 bridgehead atoms. The summed E-state index contributed by atoms with van der Waals surface area (Å²) in [6.07, 6.45) is 0.646. The molecule has 2 aromatic carbocycles. The Kier molecular flexibility index (Phi) is 7.21. The van der Waals surface area contributed by atoms with E-state index < -0.39 is 23.5 Å². The topological polar surface area (TPSA) is 106 Å². The van der Waals surface area contributed by atoms with Crippen molar-refractivity contribution in [2.24, 2.45) is 0 Å². The van der Waals surface area contributed by atoms with E-state index in [9.17, 15) is 14.7 Å². The molecule has 0 fully saturated rings. The standard InChI is InChI=1S/C27H30N2O7/c1-28(2)13-8-14-29-22(17-10-7-12-19(34-4)26(17)35-5)21(24(31)27(29)32)23(30)20-15-16-9-6-11-18(33-3)25(16)36-20/h6-7,9-12,15,22,31H,8,13-14H2,1-5H3. The zero-order valence-electron chi connectivity index (χ0n) is 21.0. The predicted molar refractivity (Wildman–Crippen MR) is 130 cm³/mol. The molecule has 9 heteroatoms. The summed E-state index contributed by atoms with van der Waals surface area (Å²) in [7, 11) is 8.51. The molecule has 1 aromatic heterocycles. The lowest BCUT2D eigenvalue weighted by Crippen LogP contribution is -3.05. The number of para-hydroxylation sites is 2. The number of hydrogen-bond donors (Lipinski definition) is 1. The van der Waals surface area contributed by atoms with Gasteiger partial charge in [0, 0.05) is 29.5 Å². The minimum absolute atomic E-state index is 0.0444. The second kappa shape index (κ2) is 10.3. The molecular formula is C27H30N2O7. The van der Waals surface area contributed by atoms with E-state index in [1.807, 2.05) is 14.1 Å². The first-order chi connectivity index (χ1) is 17.3. The molecule has 1 aliphatic rings. The average molecular weight is 495 g/mol. The number of amides is 1. The summed E-state index contributed by atoms with van der Waals surface area (Å²) in [5, 5.41) is 14.0. The Labute approximate surface area is 209 Å². The summed E-state index contributed by atoms with van der Waals surface area (Å²) >= 11 is 0. The predicted octanol–water partition coefficient (Wildman–Crippen LogP) is 1.37. The van der Waals surface area contributed by atoms with Gasteiger partial charge in [-0.15, -0.1) is 0 Å². The van der Waals surface area contributed by atoms with Crippen molar-refractivity contribution in [3.8, 4) is 17.2 Å². The van der Waals surface area contributed by atoms with Gasteiger partial charge in [0.05, 0.1) is 48.0 Å². The van der Waals surface area contributed by atoms with E-state index in [0.717, 1.165) is 6.54 Å². The molecule has 1 atom stereocenters. The van der Waals surface area contributed by atoms with Crippen molar-refractivity contribution in [3.63, 3.8) is 0 Å². The van der Waals surface area contributed by atoms with Crippen LogP contribution in [-0.4, -0.2) is 65.1 Å². The van der Waals surface area contributed by atoms with Crippen molar-refractivity contribution in [3.05, 3.63) is 65.1 Å². The lowest BCUT2D eigenvalue weighted by molar-refractivity contribution is -0.858. The molecular weight excluding hydrogens is 464 g/mol. The largest absolute Gasteiger partial charge is 0.868 e. The van der Waals surface area contributed by atoms with Crippen LogP contribution in [0.3, 0.4) is 0 Å². The van der Waals surface area contributed by atoms with E-state index in [0.29, 0.717) is 46.7 Å². The number of carbonyl (C=O) groups is 2. The van der Waals surface area contributed by atoms with Crippen LogP contribution in [0.1, 0.15) is 28.6 Å². The van der Waals surface area contributed by atoms with Gasteiger partial charge in [-0.05, 0) is 24.0 Å². The van der Waals surface area contributed by atoms with Gasteiger partial charge in [0.2, 0.25) is 11.7 Å². The minimum atomic E-state index is -0.949. The van der Waals surface area contributed by atoms with Crippen LogP contribution in [0.25, 0.3) is 11.0 Å². The van der Waals surface area contributed by atoms with Gasteiger partial charge in [-0.25, -0.2) is 0 Å². The van der Waals surface area contributed by atoms with Gasteiger partial charge in [0.1, 0.15) is 0 Å². The molecule has 1 aliphatic heterocycles. The lowest BCUT2D eigenvalue weighted by Gasteiger charge is -2.29. The van der Waals surface area contributed by atoms with E-state index >= 15 is 0 Å². The van der Waals surface area contributed by atoms with E-state index in [1.54, 1.807) is 42.5 Å². The fraction of sp³-hybridized carbons (Fsp3) is 0.333. The van der Waals surface area contributed by atoms with Crippen molar-refractivity contribution in [2.75, 3.05) is 48.5 Å². The number of carbonyl (C=O) groups excluding carboxylic acids is 2. The third-order valence-corrected chi connectivity index (χ3v) is 6.28. The van der Waals surface area contributed by atoms with Gasteiger partial charge >= 0.3 is 0 Å². The first-order valence-corrected chi connectivity index (χ1v) is 11.7. The molecule has 1 amide bonds. The van der Waals surface area contributed by atoms with Crippen molar-refractivity contribution < 1.29 is 38.2 Å². The number of methoxy groups -OCH3 is 3. The Bertz CT molecular complexity index is 1320. The third-order valence-electron chi connectivity index (χ3n) is 6.28. The molecule has 0 aliphatic carbocycles. The monoisotopic (exact) mass is 494 g/mol. The fourth-order valence-electron chi connectivity index (χ4n) is 4.60. The van der Waals surface area contributed by atoms with Gasteiger partial charge in [0.25, 0.3) is 0 Å². The molecule has 36 heavy (non-hydrogen) atoms. The number of benzene rings is 2. The molecule has 190 valence electrons. The van der Waals surface area contributed by atoms with Crippen LogP contribution in [0.5, 0.6) is 17.2 Å². The molecule has 1 unspecified atom stereocenters. The van der Waals surface area contributed by atoms with Gasteiger partial charge in [0.15, 0.2) is 28.6 Å². The fourth-order valence-corrected chi connectivity index (χ4v) is 4.60. The van der Waals surface area contributed by atoms with Crippen LogP contribution >= 0.6 is 0 Å². The molecule has 4 rings (SSSR count). The second-order valence-corrected chi connectivity index (χ2v) is 8.86. The summed E-state index contributed by atoms with van der Waals surface area (Å²) in [5.41, 5.74) is 0.703. The second-order valence-electron chi connectivity index (χ2n) is 8.86. The van der Waals surface area contributed by atoms with Crippen molar-refractivity contribution in [2.45, 2.75) is 12.5 Å². The van der Waals surface area contributed by atoms with Crippen LogP contribution in [0.15, 0.2) is 58.2 Å². The van der Waals surface area contributed by atoms with Crippen molar-refractivity contribution >= 4 is 22.7 Å². The summed E-state index contributed by atoms with van der Waals surface area (Å²) in [6.45, 7) is 1.08. The maximum absolute atomic E-state index is 13.8. The summed E-state index contributed by atoms with van der Waals surface area (Å²) in [5.74, 6) is -1.02.